The Bertz CT molecular complexity index is 290. The zero-order chi connectivity index (χ0) is 7.84. The molecule has 11 heavy (non-hydrogen) atoms. The molecule has 0 radical (unpaired) electrons. The summed E-state index contributed by atoms with van der Waals surface area (Å²) in [7, 11) is 0. The van der Waals surface area contributed by atoms with Crippen molar-refractivity contribution in [3.05, 3.63) is 18.2 Å². The maximum Gasteiger partial charge on any atom is 0.131 e. The van der Waals surface area contributed by atoms with Gasteiger partial charge in [-0.3, -0.25) is 0 Å². The molecular formula is C7H8N2OS. The lowest BCUT2D eigenvalue weighted by molar-refractivity contribution is 0.463. The smallest absolute Gasteiger partial charge is 0.131 e. The molecule has 0 fully saturated rings. The minimum atomic E-state index is -0.127. The van der Waals surface area contributed by atoms with E-state index >= 15 is 0 Å². The minimum absolute atomic E-state index is 0.127. The van der Waals surface area contributed by atoms with Crippen molar-refractivity contribution in [3.63, 3.8) is 0 Å². The number of aromatic hydroxyl groups is 1. The number of rotatable bonds is 0. The van der Waals surface area contributed by atoms with Gasteiger partial charge in [-0.1, -0.05) is 17.8 Å². The van der Waals surface area contributed by atoms with Crippen LogP contribution < -0.4 is 11.1 Å². The molecule has 0 amide bonds. The van der Waals surface area contributed by atoms with E-state index < -0.39 is 0 Å². The number of phenolic OH excluding ortho intramolecular Hbond substituents is 1. The first-order chi connectivity index (χ1) is 5.27. The fourth-order valence-corrected chi connectivity index (χ4v) is 1.95. The van der Waals surface area contributed by atoms with E-state index in [0.717, 1.165) is 10.6 Å². The van der Waals surface area contributed by atoms with Crippen molar-refractivity contribution in [2.75, 3.05) is 5.32 Å². The number of fused-ring (bicyclic) bond motifs is 1. The average Bonchev–Trinajstić information content (AvgIpc) is 2.31. The van der Waals surface area contributed by atoms with E-state index in [1.54, 1.807) is 12.1 Å². The summed E-state index contributed by atoms with van der Waals surface area (Å²) in [4.78, 5) is 0.847. The molecule has 0 saturated carbocycles. The van der Waals surface area contributed by atoms with Gasteiger partial charge in [-0.05, 0) is 12.1 Å². The maximum atomic E-state index is 9.33. The molecule has 58 valence electrons. The number of hydrogen-bond acceptors (Lipinski definition) is 4. The normalized spacial score (nSPS) is 21.0. The Balaban J connectivity index is 2.49. The van der Waals surface area contributed by atoms with Gasteiger partial charge >= 0.3 is 0 Å². The fraction of sp³-hybridized carbons (Fsp3) is 0.143. The summed E-state index contributed by atoms with van der Waals surface area (Å²) in [5.41, 5.74) is 6.39. The topological polar surface area (TPSA) is 58.3 Å². The van der Waals surface area contributed by atoms with Gasteiger partial charge in [-0.25, -0.2) is 0 Å². The highest BCUT2D eigenvalue weighted by Crippen LogP contribution is 2.41. The van der Waals surface area contributed by atoms with Crippen molar-refractivity contribution >= 4 is 17.4 Å². The number of thioether (sulfide) groups is 1. The van der Waals surface area contributed by atoms with Crippen molar-refractivity contribution in [2.45, 2.75) is 10.4 Å². The van der Waals surface area contributed by atoms with Crippen molar-refractivity contribution in [1.29, 1.82) is 0 Å². The van der Waals surface area contributed by atoms with E-state index in [4.69, 9.17) is 5.73 Å². The highest BCUT2D eigenvalue weighted by Gasteiger charge is 2.19. The van der Waals surface area contributed by atoms with E-state index in [2.05, 4.69) is 5.32 Å². The van der Waals surface area contributed by atoms with E-state index in [-0.39, 0.29) is 5.50 Å². The summed E-state index contributed by atoms with van der Waals surface area (Å²) in [6, 6.07) is 5.35. The minimum Gasteiger partial charge on any atom is -0.507 e. The van der Waals surface area contributed by atoms with Crippen LogP contribution in [-0.2, 0) is 0 Å². The van der Waals surface area contributed by atoms with Crippen molar-refractivity contribution < 1.29 is 5.11 Å². The van der Waals surface area contributed by atoms with Crippen LogP contribution in [0, 0.1) is 0 Å². The Hall–Kier alpha value is -0.870. The van der Waals surface area contributed by atoms with Crippen LogP contribution in [0.15, 0.2) is 23.1 Å². The van der Waals surface area contributed by atoms with Crippen LogP contribution in [0.25, 0.3) is 0 Å². The summed E-state index contributed by atoms with van der Waals surface area (Å²) in [6.07, 6.45) is 0. The van der Waals surface area contributed by atoms with Crippen molar-refractivity contribution in [1.82, 2.24) is 0 Å². The van der Waals surface area contributed by atoms with Crippen LogP contribution in [0.4, 0.5) is 5.69 Å². The second-order valence-corrected chi connectivity index (χ2v) is 3.49. The van der Waals surface area contributed by atoms with Gasteiger partial charge in [0.05, 0.1) is 10.6 Å². The summed E-state index contributed by atoms with van der Waals surface area (Å²) in [5, 5.41) is 12.4. The molecular weight excluding hydrogens is 160 g/mol. The first-order valence-corrected chi connectivity index (χ1v) is 4.16. The molecule has 0 aliphatic carbocycles. The Morgan fingerprint density at radius 3 is 3.09 bits per heavy atom. The Kier molecular flexibility index (Phi) is 1.44. The molecule has 1 aliphatic heterocycles. The van der Waals surface area contributed by atoms with Gasteiger partial charge < -0.3 is 16.2 Å². The van der Waals surface area contributed by atoms with Crippen molar-refractivity contribution in [2.24, 2.45) is 5.73 Å². The van der Waals surface area contributed by atoms with Crippen LogP contribution in [-0.4, -0.2) is 10.6 Å². The van der Waals surface area contributed by atoms with E-state index in [0.29, 0.717) is 5.75 Å². The largest absolute Gasteiger partial charge is 0.507 e. The standard InChI is InChI=1S/C7H8N2OS/c8-7-9-4-2-1-3-5(10)6(4)11-7/h1-3,7,9-10H,8H2. The third-order valence-corrected chi connectivity index (χ3v) is 2.57. The monoisotopic (exact) mass is 168 g/mol. The molecule has 0 aromatic heterocycles. The summed E-state index contributed by atoms with van der Waals surface area (Å²) < 4.78 is 0. The number of hydrogen-bond donors (Lipinski definition) is 3. The number of benzene rings is 1. The maximum absolute atomic E-state index is 9.33. The van der Waals surface area contributed by atoms with Crippen LogP contribution in [0.3, 0.4) is 0 Å². The van der Waals surface area contributed by atoms with Gasteiger partial charge in [0, 0.05) is 0 Å². The quantitative estimate of drug-likeness (QED) is 0.544. The molecule has 1 heterocycles. The van der Waals surface area contributed by atoms with Gasteiger partial charge in [-0.2, -0.15) is 0 Å². The van der Waals surface area contributed by atoms with Crippen LogP contribution in [0.1, 0.15) is 0 Å². The third-order valence-electron chi connectivity index (χ3n) is 1.54. The van der Waals surface area contributed by atoms with Crippen LogP contribution in [0.2, 0.25) is 0 Å². The molecule has 1 atom stereocenters. The average molecular weight is 168 g/mol. The molecule has 1 aromatic rings. The Morgan fingerprint density at radius 2 is 2.36 bits per heavy atom. The molecule has 3 nitrogen and oxygen atoms in total. The first-order valence-electron chi connectivity index (χ1n) is 3.28. The molecule has 1 aliphatic rings. The van der Waals surface area contributed by atoms with E-state index in [1.165, 1.54) is 11.8 Å². The second-order valence-electron chi connectivity index (χ2n) is 2.34. The Labute approximate surface area is 68.6 Å². The van der Waals surface area contributed by atoms with Crippen molar-refractivity contribution in [3.8, 4) is 5.75 Å². The predicted octanol–water partition coefficient (Wildman–Crippen LogP) is 1.15. The SMILES string of the molecule is NC1Nc2cccc(O)c2S1. The highest BCUT2D eigenvalue weighted by molar-refractivity contribution is 8.00. The summed E-state index contributed by atoms with van der Waals surface area (Å²) in [5.74, 6) is 0.299. The molecule has 1 unspecified atom stereocenters. The summed E-state index contributed by atoms with van der Waals surface area (Å²) >= 11 is 1.43. The number of phenols is 1. The molecule has 4 heteroatoms. The van der Waals surface area contributed by atoms with Gasteiger partial charge in [0.2, 0.25) is 0 Å². The lowest BCUT2D eigenvalue weighted by Gasteiger charge is -1.99. The highest BCUT2D eigenvalue weighted by atomic mass is 32.2. The van der Waals surface area contributed by atoms with E-state index in [9.17, 15) is 5.11 Å². The third kappa shape index (κ3) is 1.04. The van der Waals surface area contributed by atoms with Gasteiger partial charge in [0.1, 0.15) is 11.2 Å². The molecule has 0 saturated heterocycles. The number of anilines is 1. The van der Waals surface area contributed by atoms with Crippen LogP contribution >= 0.6 is 11.8 Å². The van der Waals surface area contributed by atoms with Gasteiger partial charge in [0.15, 0.2) is 0 Å². The second kappa shape index (κ2) is 2.32. The molecule has 0 spiro atoms. The molecule has 1 aromatic carbocycles. The molecule has 0 bridgehead atoms. The Morgan fingerprint density at radius 1 is 1.55 bits per heavy atom. The lowest BCUT2D eigenvalue weighted by Crippen LogP contribution is -2.20. The zero-order valence-electron chi connectivity index (χ0n) is 5.74. The predicted molar refractivity (Wildman–Crippen MR) is 45.6 cm³/mol. The molecule has 4 N–H and O–H groups in total. The van der Waals surface area contributed by atoms with Gasteiger partial charge in [0.25, 0.3) is 0 Å². The molecule has 2 rings (SSSR count). The number of nitrogens with two attached hydrogens (primary N) is 1. The summed E-state index contributed by atoms with van der Waals surface area (Å²) in [6.45, 7) is 0. The lowest BCUT2D eigenvalue weighted by atomic mass is 10.3. The van der Waals surface area contributed by atoms with E-state index in [1.807, 2.05) is 6.07 Å². The first kappa shape index (κ1) is 6.82. The fourth-order valence-electron chi connectivity index (χ4n) is 1.07. The zero-order valence-corrected chi connectivity index (χ0v) is 6.56. The van der Waals surface area contributed by atoms with Crippen LogP contribution in [0.5, 0.6) is 5.75 Å². The number of nitrogens with one attached hydrogen (secondary N) is 1. The van der Waals surface area contributed by atoms with Gasteiger partial charge in [-0.15, -0.1) is 0 Å².